The quantitative estimate of drug-likeness (QED) is 0.535. The van der Waals surface area contributed by atoms with Crippen molar-refractivity contribution in [1.29, 1.82) is 0 Å². The minimum Gasteiger partial charge on any atom is -0.0874 e. The topological polar surface area (TPSA) is 0 Å². The Labute approximate surface area is 71.0 Å². The van der Waals surface area contributed by atoms with E-state index in [0.717, 1.165) is 12.3 Å². The second-order valence-electron chi connectivity index (χ2n) is 2.98. The molecule has 0 heteroatoms. The third-order valence-corrected chi connectivity index (χ3v) is 1.93. The summed E-state index contributed by atoms with van der Waals surface area (Å²) in [7, 11) is 0. The van der Waals surface area contributed by atoms with Gasteiger partial charge < -0.3 is 0 Å². The Hall–Kier alpha value is -0.520. The van der Waals surface area contributed by atoms with Crippen LogP contribution in [0.1, 0.15) is 40.5 Å². The Kier molecular flexibility index (Phi) is 5.91. The van der Waals surface area contributed by atoms with Crippen LogP contribution in [0.2, 0.25) is 0 Å². The van der Waals surface area contributed by atoms with Crippen molar-refractivity contribution in [3.05, 3.63) is 23.8 Å². The summed E-state index contributed by atoms with van der Waals surface area (Å²) in [5.41, 5.74) is 1.46. The first kappa shape index (κ1) is 10.5. The van der Waals surface area contributed by atoms with E-state index in [2.05, 4.69) is 45.9 Å². The molecule has 0 radical (unpaired) electrons. The summed E-state index contributed by atoms with van der Waals surface area (Å²) in [6.45, 7) is 8.76. The lowest BCUT2D eigenvalue weighted by Crippen LogP contribution is -1.87. The smallest absolute Gasteiger partial charge is 0.0259 e. The summed E-state index contributed by atoms with van der Waals surface area (Å²) < 4.78 is 0. The number of hydrogen-bond donors (Lipinski definition) is 0. The van der Waals surface area contributed by atoms with Gasteiger partial charge in [0.15, 0.2) is 0 Å². The summed E-state index contributed by atoms with van der Waals surface area (Å²) >= 11 is 0. The van der Waals surface area contributed by atoms with Crippen LogP contribution in [0.3, 0.4) is 0 Å². The molecule has 0 saturated heterocycles. The third-order valence-electron chi connectivity index (χ3n) is 1.93. The molecule has 0 aliphatic heterocycles. The molecule has 0 heterocycles. The van der Waals surface area contributed by atoms with E-state index < -0.39 is 0 Å². The van der Waals surface area contributed by atoms with Crippen molar-refractivity contribution in [2.75, 3.05) is 0 Å². The maximum atomic E-state index is 2.36. The third kappa shape index (κ3) is 4.83. The van der Waals surface area contributed by atoms with Gasteiger partial charge in [-0.2, -0.15) is 0 Å². The van der Waals surface area contributed by atoms with Crippen molar-refractivity contribution < 1.29 is 0 Å². The van der Waals surface area contributed by atoms with Crippen LogP contribution >= 0.6 is 0 Å². The maximum absolute atomic E-state index is 2.36. The van der Waals surface area contributed by atoms with Crippen LogP contribution in [-0.4, -0.2) is 0 Å². The number of hydrogen-bond acceptors (Lipinski definition) is 0. The summed E-state index contributed by atoms with van der Waals surface area (Å²) in [5.74, 6) is 0.723. The molecule has 1 unspecified atom stereocenters. The molecule has 0 aromatic carbocycles. The molecule has 0 nitrogen and oxygen atoms in total. The highest BCUT2D eigenvalue weighted by atomic mass is 14.0. The largest absolute Gasteiger partial charge is 0.0874 e. The molecule has 0 aromatic rings. The molecule has 0 rings (SSSR count). The van der Waals surface area contributed by atoms with Crippen LogP contribution in [0.15, 0.2) is 23.8 Å². The molecule has 0 N–H and O–H groups in total. The van der Waals surface area contributed by atoms with Crippen LogP contribution in [0.4, 0.5) is 0 Å². The molecular formula is C11H20. The van der Waals surface area contributed by atoms with Gasteiger partial charge in [-0.3, -0.25) is 0 Å². The standard InChI is InChI=1S/C11H20/c1-5-8-11(7-3)9-10(4)6-2/h5,8-10H,6-7H2,1-4H3. The molecule has 64 valence electrons. The first-order chi connectivity index (χ1) is 5.24. The average Bonchev–Trinajstić information content (AvgIpc) is 2.03. The molecule has 0 fully saturated rings. The summed E-state index contributed by atoms with van der Waals surface area (Å²) in [6.07, 6.45) is 9.06. The van der Waals surface area contributed by atoms with E-state index in [-0.39, 0.29) is 0 Å². The lowest BCUT2D eigenvalue weighted by molar-refractivity contribution is 0.692. The normalized spacial score (nSPS) is 15.8. The predicted molar refractivity (Wildman–Crippen MR) is 52.6 cm³/mol. The molecular weight excluding hydrogens is 132 g/mol. The van der Waals surface area contributed by atoms with Gasteiger partial charge in [-0.25, -0.2) is 0 Å². The molecule has 0 aliphatic carbocycles. The second-order valence-corrected chi connectivity index (χ2v) is 2.98. The zero-order chi connectivity index (χ0) is 8.69. The molecule has 0 saturated carbocycles. The lowest BCUT2D eigenvalue weighted by Gasteiger charge is -2.03. The van der Waals surface area contributed by atoms with Gasteiger partial charge in [-0.1, -0.05) is 51.0 Å². The van der Waals surface area contributed by atoms with Gasteiger partial charge in [0.05, 0.1) is 0 Å². The second kappa shape index (κ2) is 6.21. The number of allylic oxidation sites excluding steroid dienone is 4. The molecule has 0 aromatic heterocycles. The van der Waals surface area contributed by atoms with Gasteiger partial charge in [-0.15, -0.1) is 0 Å². The maximum Gasteiger partial charge on any atom is -0.0259 e. The van der Waals surface area contributed by atoms with E-state index in [1.165, 1.54) is 12.0 Å². The van der Waals surface area contributed by atoms with Gasteiger partial charge in [0, 0.05) is 0 Å². The summed E-state index contributed by atoms with van der Waals surface area (Å²) in [4.78, 5) is 0. The Balaban J connectivity index is 4.10. The van der Waals surface area contributed by atoms with Gasteiger partial charge in [0.25, 0.3) is 0 Å². The fourth-order valence-corrected chi connectivity index (χ4v) is 0.989. The Morgan fingerprint density at radius 1 is 1.36 bits per heavy atom. The van der Waals surface area contributed by atoms with Gasteiger partial charge >= 0.3 is 0 Å². The van der Waals surface area contributed by atoms with Gasteiger partial charge in [-0.05, 0) is 19.3 Å². The van der Waals surface area contributed by atoms with E-state index in [1.807, 2.05) is 0 Å². The minimum absolute atomic E-state index is 0.723. The molecule has 0 bridgehead atoms. The fourth-order valence-electron chi connectivity index (χ4n) is 0.989. The lowest BCUT2D eigenvalue weighted by atomic mass is 10.0. The Morgan fingerprint density at radius 3 is 2.36 bits per heavy atom. The van der Waals surface area contributed by atoms with Crippen LogP contribution in [0, 0.1) is 5.92 Å². The first-order valence-corrected chi connectivity index (χ1v) is 4.57. The number of rotatable bonds is 4. The zero-order valence-corrected chi connectivity index (χ0v) is 8.22. The van der Waals surface area contributed by atoms with Crippen molar-refractivity contribution in [3.63, 3.8) is 0 Å². The Morgan fingerprint density at radius 2 is 2.00 bits per heavy atom. The molecule has 0 spiro atoms. The summed E-state index contributed by atoms with van der Waals surface area (Å²) in [6, 6.07) is 0. The van der Waals surface area contributed by atoms with Crippen LogP contribution in [-0.2, 0) is 0 Å². The highest BCUT2D eigenvalue weighted by Crippen LogP contribution is 2.10. The molecule has 0 aliphatic rings. The highest BCUT2D eigenvalue weighted by Gasteiger charge is 1.94. The van der Waals surface area contributed by atoms with Crippen LogP contribution in [0.25, 0.3) is 0 Å². The first-order valence-electron chi connectivity index (χ1n) is 4.57. The van der Waals surface area contributed by atoms with E-state index in [4.69, 9.17) is 0 Å². The van der Waals surface area contributed by atoms with Crippen molar-refractivity contribution in [1.82, 2.24) is 0 Å². The summed E-state index contributed by atoms with van der Waals surface area (Å²) in [5, 5.41) is 0. The molecule has 0 amide bonds. The van der Waals surface area contributed by atoms with E-state index in [9.17, 15) is 0 Å². The predicted octanol–water partition coefficient (Wildman–Crippen LogP) is 3.95. The monoisotopic (exact) mass is 152 g/mol. The van der Waals surface area contributed by atoms with Gasteiger partial charge in [0.1, 0.15) is 0 Å². The van der Waals surface area contributed by atoms with Crippen molar-refractivity contribution in [3.8, 4) is 0 Å². The highest BCUT2D eigenvalue weighted by molar-refractivity contribution is 5.18. The SMILES string of the molecule is CC=CC(=CC(C)CC)CC. The molecule has 1 atom stereocenters. The van der Waals surface area contributed by atoms with Crippen LogP contribution in [0.5, 0.6) is 0 Å². The minimum atomic E-state index is 0.723. The zero-order valence-electron chi connectivity index (χ0n) is 8.22. The van der Waals surface area contributed by atoms with Crippen molar-refractivity contribution in [2.45, 2.75) is 40.5 Å². The van der Waals surface area contributed by atoms with E-state index in [0.29, 0.717) is 0 Å². The van der Waals surface area contributed by atoms with E-state index >= 15 is 0 Å². The average molecular weight is 152 g/mol. The van der Waals surface area contributed by atoms with Gasteiger partial charge in [0.2, 0.25) is 0 Å². The van der Waals surface area contributed by atoms with Crippen molar-refractivity contribution >= 4 is 0 Å². The van der Waals surface area contributed by atoms with E-state index in [1.54, 1.807) is 0 Å². The Bertz CT molecular complexity index is 140. The van der Waals surface area contributed by atoms with Crippen molar-refractivity contribution in [2.24, 2.45) is 5.92 Å². The molecule has 11 heavy (non-hydrogen) atoms. The fraction of sp³-hybridized carbons (Fsp3) is 0.636. The van der Waals surface area contributed by atoms with Crippen LogP contribution < -0.4 is 0 Å².